The monoisotopic (exact) mass is 335 g/mol. The number of benzene rings is 2. The number of aryl methyl sites for hydroxylation is 1. The molecule has 0 radical (unpaired) electrons. The molecule has 0 saturated heterocycles. The number of hydrogen-bond acceptors (Lipinski definition) is 5. The molecule has 1 amide bonds. The first-order chi connectivity index (χ1) is 12.1. The summed E-state index contributed by atoms with van der Waals surface area (Å²) in [4.78, 5) is 28.0. The quantitative estimate of drug-likeness (QED) is 0.718. The highest BCUT2D eigenvalue weighted by molar-refractivity contribution is 6.05. The van der Waals surface area contributed by atoms with Crippen LogP contribution in [0.15, 0.2) is 53.1 Å². The molecule has 0 bridgehead atoms. The van der Waals surface area contributed by atoms with Gasteiger partial charge in [0.15, 0.2) is 5.78 Å². The third kappa shape index (κ3) is 3.80. The molecule has 6 nitrogen and oxygen atoms in total. The lowest BCUT2D eigenvalue weighted by Crippen LogP contribution is -2.12. The number of Topliss-reactive ketones (excluding diaryl/α,β-unsaturated/α-hetero) is 1. The van der Waals surface area contributed by atoms with E-state index in [4.69, 9.17) is 4.52 Å². The average Bonchev–Trinajstić information content (AvgIpc) is 3.11. The third-order valence-corrected chi connectivity index (χ3v) is 3.70. The molecule has 25 heavy (non-hydrogen) atoms. The predicted octanol–water partition coefficient (Wildman–Crippen LogP) is 3.75. The molecule has 3 aromatic rings. The number of rotatable bonds is 5. The van der Waals surface area contributed by atoms with Crippen LogP contribution in [0.3, 0.4) is 0 Å². The molecule has 2 aromatic carbocycles. The maximum Gasteiger partial charge on any atom is 0.255 e. The Hall–Kier alpha value is -3.28. The largest absolute Gasteiger partial charge is 0.339 e. The number of ketones is 1. The molecule has 0 atom stereocenters. The number of aromatic nitrogens is 2. The van der Waals surface area contributed by atoms with Gasteiger partial charge in [0.05, 0.1) is 0 Å². The van der Waals surface area contributed by atoms with Crippen LogP contribution < -0.4 is 5.32 Å². The van der Waals surface area contributed by atoms with Crippen molar-refractivity contribution in [3.05, 3.63) is 65.5 Å². The van der Waals surface area contributed by atoms with Crippen LogP contribution in [0.4, 0.5) is 5.69 Å². The number of hydrogen-bond donors (Lipinski definition) is 1. The molecular formula is C19H17N3O3. The molecule has 0 unspecified atom stereocenters. The van der Waals surface area contributed by atoms with Crippen LogP contribution in [0.1, 0.15) is 40.5 Å². The first kappa shape index (κ1) is 16.6. The van der Waals surface area contributed by atoms with Crippen molar-refractivity contribution in [3.63, 3.8) is 0 Å². The average molecular weight is 335 g/mol. The van der Waals surface area contributed by atoms with Crippen molar-refractivity contribution in [1.29, 1.82) is 0 Å². The second-order valence-corrected chi connectivity index (χ2v) is 5.53. The second kappa shape index (κ2) is 7.09. The zero-order chi connectivity index (χ0) is 17.8. The normalized spacial score (nSPS) is 10.5. The number of anilines is 1. The van der Waals surface area contributed by atoms with Gasteiger partial charge < -0.3 is 9.84 Å². The van der Waals surface area contributed by atoms with E-state index in [1.54, 1.807) is 48.5 Å². The Labute approximate surface area is 144 Å². The van der Waals surface area contributed by atoms with Gasteiger partial charge in [-0.05, 0) is 31.2 Å². The van der Waals surface area contributed by atoms with Gasteiger partial charge in [-0.2, -0.15) is 4.98 Å². The summed E-state index contributed by atoms with van der Waals surface area (Å²) in [6, 6.07) is 13.8. The zero-order valence-electron chi connectivity index (χ0n) is 13.9. The number of carbonyl (C=O) groups excluding carboxylic acids is 2. The smallest absolute Gasteiger partial charge is 0.255 e. The third-order valence-electron chi connectivity index (χ3n) is 3.70. The number of amides is 1. The Morgan fingerprint density at radius 2 is 1.84 bits per heavy atom. The van der Waals surface area contributed by atoms with Crippen LogP contribution in [-0.2, 0) is 6.42 Å². The fourth-order valence-corrected chi connectivity index (χ4v) is 2.31. The molecule has 126 valence electrons. The minimum Gasteiger partial charge on any atom is -0.339 e. The van der Waals surface area contributed by atoms with Gasteiger partial charge in [-0.25, -0.2) is 0 Å². The lowest BCUT2D eigenvalue weighted by molar-refractivity contribution is 0.101. The lowest BCUT2D eigenvalue weighted by Gasteiger charge is -2.07. The summed E-state index contributed by atoms with van der Waals surface area (Å²) in [6.45, 7) is 3.42. The van der Waals surface area contributed by atoms with Gasteiger partial charge in [-0.3, -0.25) is 9.59 Å². The van der Waals surface area contributed by atoms with Crippen molar-refractivity contribution in [2.75, 3.05) is 5.32 Å². The second-order valence-electron chi connectivity index (χ2n) is 5.53. The fraction of sp³-hybridized carbons (Fsp3) is 0.158. The molecule has 1 N–H and O–H groups in total. The summed E-state index contributed by atoms with van der Waals surface area (Å²) >= 11 is 0. The van der Waals surface area contributed by atoms with E-state index in [1.807, 2.05) is 6.92 Å². The molecule has 0 fully saturated rings. The van der Waals surface area contributed by atoms with Gasteiger partial charge in [-0.15, -0.1) is 0 Å². The van der Waals surface area contributed by atoms with Crippen LogP contribution in [0, 0.1) is 0 Å². The molecule has 1 aromatic heterocycles. The van der Waals surface area contributed by atoms with Crippen molar-refractivity contribution < 1.29 is 14.1 Å². The summed E-state index contributed by atoms with van der Waals surface area (Å²) in [6.07, 6.45) is 0.673. The van der Waals surface area contributed by atoms with E-state index < -0.39 is 0 Å². The van der Waals surface area contributed by atoms with Gasteiger partial charge in [0.25, 0.3) is 5.91 Å². The summed E-state index contributed by atoms with van der Waals surface area (Å²) < 4.78 is 5.09. The maximum atomic E-state index is 12.3. The molecule has 1 heterocycles. The van der Waals surface area contributed by atoms with Gasteiger partial charge >= 0.3 is 0 Å². The van der Waals surface area contributed by atoms with Gasteiger partial charge in [-0.1, -0.05) is 36.3 Å². The van der Waals surface area contributed by atoms with Crippen molar-refractivity contribution in [1.82, 2.24) is 10.1 Å². The fourth-order valence-electron chi connectivity index (χ4n) is 2.31. The minimum atomic E-state index is -0.255. The molecular weight excluding hydrogens is 318 g/mol. The van der Waals surface area contributed by atoms with Crippen molar-refractivity contribution in [2.24, 2.45) is 0 Å². The van der Waals surface area contributed by atoms with Crippen LogP contribution in [0.2, 0.25) is 0 Å². The zero-order valence-corrected chi connectivity index (χ0v) is 13.9. The number of nitrogens with one attached hydrogen (secondary N) is 1. The van der Waals surface area contributed by atoms with Gasteiger partial charge in [0, 0.05) is 28.8 Å². The van der Waals surface area contributed by atoms with Gasteiger partial charge in [0.2, 0.25) is 11.7 Å². The molecule has 0 aliphatic carbocycles. The Bertz CT molecular complexity index is 914. The highest BCUT2D eigenvalue weighted by atomic mass is 16.5. The summed E-state index contributed by atoms with van der Waals surface area (Å²) in [5.41, 5.74) is 2.40. The van der Waals surface area contributed by atoms with E-state index in [1.165, 1.54) is 6.92 Å². The topological polar surface area (TPSA) is 85.1 Å². The first-order valence-electron chi connectivity index (χ1n) is 7.92. The molecule has 6 heteroatoms. The molecule has 0 saturated carbocycles. The SMILES string of the molecule is CCc1nc(-c2ccc(C(=O)Nc3cccc(C(C)=O)c3)cc2)no1. The number of nitrogens with zero attached hydrogens (tertiary/aromatic N) is 2. The summed E-state index contributed by atoms with van der Waals surface area (Å²) in [7, 11) is 0. The first-order valence-corrected chi connectivity index (χ1v) is 7.92. The predicted molar refractivity (Wildman–Crippen MR) is 93.5 cm³/mol. The Morgan fingerprint density at radius 1 is 1.08 bits per heavy atom. The summed E-state index contributed by atoms with van der Waals surface area (Å²) in [5.74, 6) is 0.766. The van der Waals surface area contributed by atoms with E-state index >= 15 is 0 Å². The maximum absolute atomic E-state index is 12.3. The minimum absolute atomic E-state index is 0.0491. The van der Waals surface area contributed by atoms with E-state index in [9.17, 15) is 9.59 Å². The van der Waals surface area contributed by atoms with Crippen LogP contribution in [0.25, 0.3) is 11.4 Å². The van der Waals surface area contributed by atoms with Gasteiger partial charge in [0.1, 0.15) is 0 Å². The molecule has 0 aliphatic rings. The van der Waals surface area contributed by atoms with Crippen LogP contribution in [-0.4, -0.2) is 21.8 Å². The van der Waals surface area contributed by atoms with E-state index in [0.717, 1.165) is 5.56 Å². The lowest BCUT2D eigenvalue weighted by atomic mass is 10.1. The Morgan fingerprint density at radius 3 is 2.48 bits per heavy atom. The summed E-state index contributed by atoms with van der Waals surface area (Å²) in [5, 5.41) is 6.69. The molecule has 0 spiro atoms. The molecule has 3 rings (SSSR count). The van der Waals surface area contributed by atoms with Crippen LogP contribution >= 0.6 is 0 Å². The van der Waals surface area contributed by atoms with Crippen molar-refractivity contribution in [3.8, 4) is 11.4 Å². The van der Waals surface area contributed by atoms with E-state index in [0.29, 0.717) is 35.0 Å². The highest BCUT2D eigenvalue weighted by Gasteiger charge is 2.10. The Balaban J connectivity index is 1.74. The standard InChI is InChI=1S/C19H17N3O3/c1-3-17-21-18(22-25-17)13-7-9-14(10-8-13)19(24)20-16-6-4-5-15(11-16)12(2)23/h4-11H,3H2,1-2H3,(H,20,24). The number of carbonyl (C=O) groups is 2. The Kier molecular flexibility index (Phi) is 4.70. The van der Waals surface area contributed by atoms with E-state index in [-0.39, 0.29) is 11.7 Å². The van der Waals surface area contributed by atoms with Crippen molar-refractivity contribution >= 4 is 17.4 Å². The highest BCUT2D eigenvalue weighted by Crippen LogP contribution is 2.18. The molecule has 0 aliphatic heterocycles. The van der Waals surface area contributed by atoms with Crippen LogP contribution in [0.5, 0.6) is 0 Å². The van der Waals surface area contributed by atoms with Crippen molar-refractivity contribution in [2.45, 2.75) is 20.3 Å². The van der Waals surface area contributed by atoms with E-state index in [2.05, 4.69) is 15.5 Å².